The van der Waals surface area contributed by atoms with Gasteiger partial charge in [-0.05, 0) is 17.7 Å². The van der Waals surface area contributed by atoms with Crippen LogP contribution in [-0.4, -0.2) is 42.0 Å². The number of aromatic amines is 1. The molecule has 1 aromatic heterocycles. The number of nitrogens with one attached hydrogen (secondary N) is 1. The SMILES string of the molecule is COc1ccc2nc(S[C@@H](C(=O)N(C)C)c3ccccc3)[nH]c2c1. The van der Waals surface area contributed by atoms with E-state index in [0.29, 0.717) is 5.16 Å². The quantitative estimate of drug-likeness (QED) is 0.722. The smallest absolute Gasteiger partial charge is 0.240 e. The van der Waals surface area contributed by atoms with E-state index in [1.165, 1.54) is 11.8 Å². The zero-order valence-electron chi connectivity index (χ0n) is 13.8. The Morgan fingerprint density at radius 3 is 2.62 bits per heavy atom. The summed E-state index contributed by atoms with van der Waals surface area (Å²) >= 11 is 1.42. The van der Waals surface area contributed by atoms with E-state index in [1.54, 1.807) is 26.1 Å². The first-order chi connectivity index (χ1) is 11.6. The average Bonchev–Trinajstić information content (AvgIpc) is 3.01. The zero-order valence-corrected chi connectivity index (χ0v) is 14.6. The third-order valence-corrected chi connectivity index (χ3v) is 4.79. The van der Waals surface area contributed by atoms with Gasteiger partial charge in [-0.15, -0.1) is 0 Å². The minimum Gasteiger partial charge on any atom is -0.497 e. The van der Waals surface area contributed by atoms with Gasteiger partial charge in [0.25, 0.3) is 0 Å². The summed E-state index contributed by atoms with van der Waals surface area (Å²) in [6.45, 7) is 0. The summed E-state index contributed by atoms with van der Waals surface area (Å²) in [5, 5.41) is 0.367. The standard InChI is InChI=1S/C18H19N3O2S/c1-21(2)17(22)16(12-7-5-4-6-8-12)24-18-19-14-10-9-13(23-3)11-15(14)20-18/h4-11,16H,1-3H3,(H,19,20)/t16-/m1/s1. The Hall–Kier alpha value is -2.47. The molecular formula is C18H19N3O2S. The summed E-state index contributed by atoms with van der Waals surface area (Å²) in [6, 6.07) is 15.4. The number of rotatable bonds is 5. The summed E-state index contributed by atoms with van der Waals surface area (Å²) < 4.78 is 5.24. The van der Waals surface area contributed by atoms with Gasteiger partial charge in [-0.2, -0.15) is 0 Å². The number of ether oxygens (including phenoxy) is 1. The Morgan fingerprint density at radius 2 is 1.96 bits per heavy atom. The normalized spacial score (nSPS) is 12.1. The first-order valence-electron chi connectivity index (χ1n) is 7.55. The molecule has 3 rings (SSSR count). The van der Waals surface area contributed by atoms with Gasteiger partial charge in [0.15, 0.2) is 5.16 Å². The third-order valence-electron chi connectivity index (χ3n) is 3.66. The predicted octanol–water partition coefficient (Wildman–Crippen LogP) is 3.49. The van der Waals surface area contributed by atoms with E-state index < -0.39 is 0 Å². The van der Waals surface area contributed by atoms with Gasteiger partial charge < -0.3 is 14.6 Å². The highest BCUT2D eigenvalue weighted by Crippen LogP contribution is 2.36. The number of carbonyl (C=O) groups is 1. The summed E-state index contributed by atoms with van der Waals surface area (Å²) in [4.78, 5) is 22.1. The number of amides is 1. The number of aromatic nitrogens is 2. The van der Waals surface area contributed by atoms with E-state index >= 15 is 0 Å². The lowest BCUT2D eigenvalue weighted by molar-refractivity contribution is -0.128. The van der Waals surface area contributed by atoms with Gasteiger partial charge in [-0.3, -0.25) is 4.79 Å². The van der Waals surface area contributed by atoms with Crippen molar-refractivity contribution in [1.29, 1.82) is 0 Å². The van der Waals surface area contributed by atoms with Gasteiger partial charge in [-0.1, -0.05) is 42.1 Å². The van der Waals surface area contributed by atoms with E-state index in [0.717, 1.165) is 22.3 Å². The van der Waals surface area contributed by atoms with Crippen molar-refractivity contribution in [2.75, 3.05) is 21.2 Å². The molecule has 1 N–H and O–H groups in total. The molecule has 0 saturated heterocycles. The topological polar surface area (TPSA) is 58.2 Å². The van der Waals surface area contributed by atoms with Crippen LogP contribution in [0.15, 0.2) is 53.7 Å². The lowest BCUT2D eigenvalue weighted by atomic mass is 10.1. The second kappa shape index (κ2) is 6.97. The highest BCUT2D eigenvalue weighted by molar-refractivity contribution is 8.00. The number of methoxy groups -OCH3 is 1. The maximum atomic E-state index is 12.6. The molecule has 1 amide bonds. The summed E-state index contributed by atoms with van der Waals surface area (Å²) in [6.07, 6.45) is 0. The average molecular weight is 341 g/mol. The fraction of sp³-hybridized carbons (Fsp3) is 0.222. The van der Waals surface area contributed by atoms with Crippen LogP contribution < -0.4 is 4.74 Å². The van der Waals surface area contributed by atoms with Crippen molar-refractivity contribution >= 4 is 28.7 Å². The van der Waals surface area contributed by atoms with Crippen LogP contribution in [0.5, 0.6) is 5.75 Å². The minimum atomic E-state index is -0.344. The van der Waals surface area contributed by atoms with Crippen molar-refractivity contribution in [2.24, 2.45) is 0 Å². The van der Waals surface area contributed by atoms with Crippen LogP contribution in [0.2, 0.25) is 0 Å². The maximum absolute atomic E-state index is 12.6. The first kappa shape index (κ1) is 16.4. The molecule has 3 aromatic rings. The number of fused-ring (bicyclic) bond motifs is 1. The van der Waals surface area contributed by atoms with Crippen molar-refractivity contribution in [3.8, 4) is 5.75 Å². The number of likely N-dealkylation sites (N-methyl/N-ethyl adjacent to an activating group) is 1. The molecule has 1 atom stereocenters. The van der Waals surface area contributed by atoms with E-state index in [4.69, 9.17) is 4.74 Å². The van der Waals surface area contributed by atoms with Crippen molar-refractivity contribution in [3.63, 3.8) is 0 Å². The number of nitrogens with zero attached hydrogens (tertiary/aromatic N) is 2. The van der Waals surface area contributed by atoms with E-state index in [1.807, 2.05) is 48.5 Å². The van der Waals surface area contributed by atoms with Crippen molar-refractivity contribution < 1.29 is 9.53 Å². The van der Waals surface area contributed by atoms with Crippen LogP contribution >= 0.6 is 11.8 Å². The zero-order chi connectivity index (χ0) is 17.1. The van der Waals surface area contributed by atoms with Crippen molar-refractivity contribution in [1.82, 2.24) is 14.9 Å². The highest BCUT2D eigenvalue weighted by Gasteiger charge is 2.25. The molecule has 0 aliphatic heterocycles. The summed E-state index contributed by atoms with van der Waals surface area (Å²) in [5.74, 6) is 0.802. The lowest BCUT2D eigenvalue weighted by Crippen LogP contribution is -2.26. The molecule has 0 unspecified atom stereocenters. The number of imidazole rings is 1. The Labute approximate surface area is 145 Å². The van der Waals surface area contributed by atoms with Gasteiger partial charge >= 0.3 is 0 Å². The van der Waals surface area contributed by atoms with Crippen LogP contribution in [0.1, 0.15) is 10.8 Å². The number of H-pyrrole nitrogens is 1. The fourth-order valence-electron chi connectivity index (χ4n) is 2.38. The Kier molecular flexibility index (Phi) is 4.76. The first-order valence-corrected chi connectivity index (χ1v) is 8.43. The molecule has 0 aliphatic carbocycles. The molecule has 0 radical (unpaired) electrons. The van der Waals surface area contributed by atoms with E-state index in [2.05, 4.69) is 9.97 Å². The molecule has 0 bridgehead atoms. The largest absolute Gasteiger partial charge is 0.497 e. The second-order valence-corrected chi connectivity index (χ2v) is 6.66. The van der Waals surface area contributed by atoms with Gasteiger partial charge in [0.1, 0.15) is 11.0 Å². The van der Waals surface area contributed by atoms with Crippen LogP contribution in [0.25, 0.3) is 11.0 Å². The Bertz CT molecular complexity index is 846. The Morgan fingerprint density at radius 1 is 1.21 bits per heavy atom. The molecule has 0 fully saturated rings. The number of hydrogen-bond acceptors (Lipinski definition) is 4. The number of benzene rings is 2. The molecule has 0 aliphatic rings. The monoisotopic (exact) mass is 341 g/mol. The fourth-order valence-corrected chi connectivity index (χ4v) is 3.53. The molecule has 1 heterocycles. The molecule has 5 nitrogen and oxygen atoms in total. The summed E-state index contributed by atoms with van der Waals surface area (Å²) in [7, 11) is 5.17. The number of carbonyl (C=O) groups excluding carboxylic acids is 1. The predicted molar refractivity (Wildman–Crippen MR) is 96.4 cm³/mol. The molecule has 0 saturated carbocycles. The molecule has 24 heavy (non-hydrogen) atoms. The van der Waals surface area contributed by atoms with Crippen molar-refractivity contribution in [3.05, 3.63) is 54.1 Å². The van der Waals surface area contributed by atoms with E-state index in [9.17, 15) is 4.79 Å². The maximum Gasteiger partial charge on any atom is 0.240 e. The molecule has 124 valence electrons. The minimum absolute atomic E-state index is 0.0317. The van der Waals surface area contributed by atoms with Crippen LogP contribution in [0.3, 0.4) is 0 Å². The Balaban J connectivity index is 1.94. The van der Waals surface area contributed by atoms with Crippen molar-refractivity contribution in [2.45, 2.75) is 10.4 Å². The lowest BCUT2D eigenvalue weighted by Gasteiger charge is -2.19. The molecule has 2 aromatic carbocycles. The molecular weight excluding hydrogens is 322 g/mol. The highest BCUT2D eigenvalue weighted by atomic mass is 32.2. The number of thioether (sulfide) groups is 1. The van der Waals surface area contributed by atoms with Gasteiger partial charge in [0.05, 0.1) is 18.1 Å². The summed E-state index contributed by atoms with van der Waals surface area (Å²) in [5.41, 5.74) is 2.70. The molecule has 0 spiro atoms. The van der Waals surface area contributed by atoms with Gasteiger partial charge in [0.2, 0.25) is 5.91 Å². The van der Waals surface area contributed by atoms with Crippen LogP contribution in [0.4, 0.5) is 0 Å². The second-order valence-electron chi connectivity index (χ2n) is 5.57. The molecule has 6 heteroatoms. The van der Waals surface area contributed by atoms with E-state index in [-0.39, 0.29) is 11.2 Å². The van der Waals surface area contributed by atoms with Crippen LogP contribution in [0, 0.1) is 0 Å². The number of hydrogen-bond donors (Lipinski definition) is 1. The third kappa shape index (κ3) is 3.38. The van der Waals surface area contributed by atoms with Gasteiger partial charge in [0, 0.05) is 20.2 Å². The van der Waals surface area contributed by atoms with Crippen LogP contribution in [-0.2, 0) is 4.79 Å². The van der Waals surface area contributed by atoms with Gasteiger partial charge in [-0.25, -0.2) is 4.98 Å².